The van der Waals surface area contributed by atoms with Crippen LogP contribution in [0.15, 0.2) is 16.9 Å². The molecule has 1 aromatic heterocycles. The quantitative estimate of drug-likeness (QED) is 0.192. The minimum atomic E-state index is -1.15. The van der Waals surface area contributed by atoms with E-state index in [0.29, 0.717) is 36.9 Å². The number of hydrogen-bond acceptors (Lipinski definition) is 11. The Labute approximate surface area is 240 Å². The minimum Gasteiger partial charge on any atom is -0.477 e. The predicted molar refractivity (Wildman–Crippen MR) is 144 cm³/mol. The first-order valence-corrected chi connectivity index (χ1v) is 14.9. The van der Waals surface area contributed by atoms with Crippen LogP contribution in [0.4, 0.5) is 0 Å². The number of aliphatic hydroxyl groups excluding tert-OH is 1. The summed E-state index contributed by atoms with van der Waals surface area (Å²) in [6.45, 7) is 5.56. The Hall–Kier alpha value is -3.08. The first kappa shape index (κ1) is 28.1. The number of hydrogen-bond donors (Lipinski definition) is 5. The number of carboxylic acids is 1. The molecule has 5 aliphatic heterocycles. The molecule has 0 radical (unpaired) electrons. The zero-order valence-corrected chi connectivity index (χ0v) is 23.7. The van der Waals surface area contributed by atoms with Gasteiger partial charge in [0.2, 0.25) is 17.7 Å². The second-order valence-electron chi connectivity index (χ2n) is 11.7. The van der Waals surface area contributed by atoms with Crippen molar-refractivity contribution in [3.8, 4) is 0 Å². The highest BCUT2D eigenvalue weighted by Crippen LogP contribution is 2.52. The van der Waals surface area contributed by atoms with Gasteiger partial charge < -0.3 is 36.0 Å². The molecule has 4 fully saturated rings. The topological polar surface area (TPSA) is 195 Å². The molecule has 6 rings (SSSR count). The van der Waals surface area contributed by atoms with E-state index in [2.05, 4.69) is 31.5 Å². The number of tetrazole rings is 1. The van der Waals surface area contributed by atoms with Crippen molar-refractivity contribution in [3.63, 3.8) is 0 Å². The summed E-state index contributed by atoms with van der Waals surface area (Å²) < 4.78 is 1.28. The third kappa shape index (κ3) is 5.00. The summed E-state index contributed by atoms with van der Waals surface area (Å²) in [5.41, 5.74) is 0.00706. The Morgan fingerprint density at radius 2 is 2.07 bits per heavy atom. The van der Waals surface area contributed by atoms with Crippen molar-refractivity contribution >= 4 is 35.5 Å². The van der Waals surface area contributed by atoms with E-state index in [4.69, 9.17) is 0 Å². The van der Waals surface area contributed by atoms with E-state index >= 15 is 0 Å². The SMILES string of the molecule is CC(NC(=O)Cn1cnnn1)C1C(=O)N2C(C(=O)O)=C(SC3CNC(C(=O)N4CC5CC(CO)NC5C4)C3)C(C)C12. The molecule has 1 aromatic rings. The molecule has 6 heterocycles. The number of nitrogens with zero attached hydrogens (tertiary/aromatic N) is 6. The second-order valence-corrected chi connectivity index (χ2v) is 13.1. The number of amides is 3. The van der Waals surface area contributed by atoms with Crippen LogP contribution >= 0.6 is 11.8 Å². The number of carboxylic acid groups (broad SMARTS) is 1. The van der Waals surface area contributed by atoms with Crippen LogP contribution in [0, 0.1) is 17.8 Å². The molecular formula is C25H35N9O6S. The number of β-lactam (4-membered cyclic amide) rings is 1. The summed E-state index contributed by atoms with van der Waals surface area (Å²) in [6, 6.07) is -0.900. The van der Waals surface area contributed by atoms with E-state index < -0.39 is 17.9 Å². The molecule has 0 aromatic carbocycles. The van der Waals surface area contributed by atoms with E-state index in [1.165, 1.54) is 27.7 Å². The number of fused-ring (bicyclic) bond motifs is 2. The first-order chi connectivity index (χ1) is 19.7. The van der Waals surface area contributed by atoms with Crippen LogP contribution < -0.4 is 16.0 Å². The van der Waals surface area contributed by atoms with Gasteiger partial charge >= 0.3 is 5.97 Å². The van der Waals surface area contributed by atoms with Crippen LogP contribution in [0.25, 0.3) is 0 Å². The highest BCUT2D eigenvalue weighted by molar-refractivity contribution is 8.03. The van der Waals surface area contributed by atoms with Gasteiger partial charge in [0.1, 0.15) is 18.6 Å². The third-order valence-corrected chi connectivity index (χ3v) is 10.6. The van der Waals surface area contributed by atoms with E-state index in [1.807, 2.05) is 11.8 Å². The Kier molecular flexibility index (Phi) is 7.50. The standard InChI is InChI=1S/C25H35N9O6S/c1-11-20-19(12(2)28-18(36)8-33-10-27-30-31-33)24(38)34(20)21(25(39)40)22(11)41-15-4-16(26-5-15)23(37)32-6-13-3-14(9-35)29-17(13)7-32/h10-17,19-20,26,29,35H,3-9H2,1-2H3,(H,28,36)(H,39,40). The number of thioether (sulfide) groups is 1. The van der Waals surface area contributed by atoms with Gasteiger partial charge in [-0.3, -0.25) is 14.4 Å². The van der Waals surface area contributed by atoms with E-state index in [-0.39, 0.29) is 71.9 Å². The molecule has 0 spiro atoms. The molecule has 0 aliphatic carbocycles. The van der Waals surface area contributed by atoms with Crippen molar-refractivity contribution in [1.29, 1.82) is 0 Å². The lowest BCUT2D eigenvalue weighted by Crippen LogP contribution is -2.66. The van der Waals surface area contributed by atoms with Gasteiger partial charge in [0, 0.05) is 53.8 Å². The molecule has 9 unspecified atom stereocenters. The molecule has 5 N–H and O–H groups in total. The lowest BCUT2D eigenvalue weighted by molar-refractivity contribution is -0.158. The summed E-state index contributed by atoms with van der Waals surface area (Å²) in [6.07, 6.45) is 2.75. The Balaban J connectivity index is 1.07. The van der Waals surface area contributed by atoms with Crippen LogP contribution in [0.5, 0.6) is 0 Å². The van der Waals surface area contributed by atoms with E-state index in [1.54, 1.807) is 6.92 Å². The normalized spacial score (nSPS) is 35.0. The number of likely N-dealkylation sites (tertiary alicyclic amines) is 1. The molecule has 0 saturated carbocycles. The Morgan fingerprint density at radius 3 is 2.76 bits per heavy atom. The van der Waals surface area contributed by atoms with Gasteiger partial charge in [0.25, 0.3) is 0 Å². The molecule has 5 aliphatic rings. The summed E-state index contributed by atoms with van der Waals surface area (Å²) in [5.74, 6) is -2.19. The van der Waals surface area contributed by atoms with Crippen LogP contribution in [0.2, 0.25) is 0 Å². The second kappa shape index (κ2) is 11.0. The maximum atomic E-state index is 13.3. The number of carbonyl (C=O) groups is 4. The maximum Gasteiger partial charge on any atom is 0.353 e. The largest absolute Gasteiger partial charge is 0.477 e. The molecule has 41 heavy (non-hydrogen) atoms. The lowest BCUT2D eigenvalue weighted by atomic mass is 9.78. The zero-order chi connectivity index (χ0) is 29.0. The molecule has 15 nitrogen and oxygen atoms in total. The highest BCUT2D eigenvalue weighted by Gasteiger charge is 2.60. The van der Waals surface area contributed by atoms with Gasteiger partial charge in [0.15, 0.2) is 0 Å². The summed E-state index contributed by atoms with van der Waals surface area (Å²) in [7, 11) is 0. The zero-order valence-electron chi connectivity index (χ0n) is 22.8. The van der Waals surface area contributed by atoms with E-state index in [0.717, 1.165) is 6.42 Å². The number of nitrogens with one attached hydrogen (secondary N) is 3. The number of rotatable bonds is 9. The minimum absolute atomic E-state index is 0.00706. The average molecular weight is 590 g/mol. The van der Waals surface area contributed by atoms with Crippen molar-refractivity contribution in [1.82, 2.24) is 46.0 Å². The molecule has 0 bridgehead atoms. The van der Waals surface area contributed by atoms with Gasteiger partial charge in [-0.05, 0) is 36.1 Å². The van der Waals surface area contributed by atoms with E-state index in [9.17, 15) is 29.4 Å². The average Bonchev–Trinajstić information content (AvgIpc) is 3.73. The molecule has 16 heteroatoms. The van der Waals surface area contributed by atoms with Crippen molar-refractivity contribution in [2.45, 2.75) is 68.7 Å². The maximum absolute atomic E-state index is 13.3. The molecule has 9 atom stereocenters. The monoisotopic (exact) mass is 589 g/mol. The summed E-state index contributed by atoms with van der Waals surface area (Å²) >= 11 is 1.44. The fourth-order valence-corrected chi connectivity index (χ4v) is 8.69. The first-order valence-electron chi connectivity index (χ1n) is 14.0. The Bertz CT molecular complexity index is 1250. The number of aliphatic hydroxyl groups is 1. The van der Waals surface area contributed by atoms with Gasteiger partial charge in [0.05, 0.1) is 24.6 Å². The van der Waals surface area contributed by atoms with Gasteiger partial charge in [-0.2, -0.15) is 0 Å². The highest BCUT2D eigenvalue weighted by atomic mass is 32.2. The Morgan fingerprint density at radius 1 is 1.27 bits per heavy atom. The smallest absolute Gasteiger partial charge is 0.353 e. The summed E-state index contributed by atoms with van der Waals surface area (Å²) in [5, 5.41) is 39.7. The summed E-state index contributed by atoms with van der Waals surface area (Å²) in [4.78, 5) is 55.2. The molecule has 4 saturated heterocycles. The number of aliphatic carboxylic acids is 1. The van der Waals surface area contributed by atoms with Crippen LogP contribution in [0.3, 0.4) is 0 Å². The fourth-order valence-electron chi connectivity index (χ4n) is 7.21. The number of aromatic nitrogens is 4. The lowest BCUT2D eigenvalue weighted by Gasteiger charge is -2.47. The van der Waals surface area contributed by atoms with Crippen LogP contribution in [0.1, 0.15) is 26.7 Å². The van der Waals surface area contributed by atoms with Crippen molar-refractivity contribution in [2.75, 3.05) is 26.2 Å². The van der Waals surface area contributed by atoms with Crippen LogP contribution in [-0.4, -0.2) is 126 Å². The van der Waals surface area contributed by atoms with Gasteiger partial charge in [-0.25, -0.2) is 9.48 Å². The van der Waals surface area contributed by atoms with Gasteiger partial charge in [-0.15, -0.1) is 16.9 Å². The predicted octanol–water partition coefficient (Wildman–Crippen LogP) is -2.40. The fraction of sp³-hybridized carbons (Fsp3) is 0.720. The van der Waals surface area contributed by atoms with Crippen molar-refractivity contribution < 1.29 is 29.4 Å². The van der Waals surface area contributed by atoms with Crippen LogP contribution in [-0.2, 0) is 25.7 Å². The van der Waals surface area contributed by atoms with Crippen molar-refractivity contribution in [3.05, 3.63) is 16.9 Å². The molecule has 3 amide bonds. The third-order valence-electron chi connectivity index (χ3n) is 9.11. The molecule has 222 valence electrons. The van der Waals surface area contributed by atoms with Crippen molar-refractivity contribution in [2.24, 2.45) is 17.8 Å². The number of carbonyl (C=O) groups excluding carboxylic acids is 3. The van der Waals surface area contributed by atoms with Gasteiger partial charge in [-0.1, -0.05) is 6.92 Å². The molecular weight excluding hydrogens is 554 g/mol.